The summed E-state index contributed by atoms with van der Waals surface area (Å²) in [4.78, 5) is 1.40. The number of hydrogen-bond acceptors (Lipinski definition) is 6. The Bertz CT molecular complexity index is 1280. The lowest BCUT2D eigenvalue weighted by molar-refractivity contribution is -0.213. The van der Waals surface area contributed by atoms with Gasteiger partial charge in [-0.1, -0.05) is 71.6 Å². The van der Waals surface area contributed by atoms with E-state index in [-0.39, 0.29) is 24.4 Å². The van der Waals surface area contributed by atoms with Crippen molar-refractivity contribution in [1.29, 1.82) is 0 Å². The fourth-order valence-corrected chi connectivity index (χ4v) is 7.51. The molecule has 0 unspecified atom stereocenters. The van der Waals surface area contributed by atoms with E-state index in [1.54, 1.807) is 0 Å². The number of unbranched alkanes of at least 4 members (excludes halogenated alkanes) is 4. The number of thiophene rings is 1. The van der Waals surface area contributed by atoms with Crippen LogP contribution in [0, 0.1) is 0 Å². The van der Waals surface area contributed by atoms with Gasteiger partial charge in [0, 0.05) is 47.8 Å². The Morgan fingerprint density at radius 1 is 0.783 bits per heavy atom. The van der Waals surface area contributed by atoms with Gasteiger partial charge in [-0.2, -0.15) is 0 Å². The minimum absolute atomic E-state index is 0.0559. The highest BCUT2D eigenvalue weighted by molar-refractivity contribution is 7.19. The topological polar surface area (TPSA) is 46.2 Å². The molecule has 2 fully saturated rings. The molecule has 2 aliphatic rings. The fraction of sp³-hybridized carbons (Fsp3) is 0.650. The molecule has 0 amide bonds. The summed E-state index contributed by atoms with van der Waals surface area (Å²) in [7, 11) is 0. The normalized spacial score (nSPS) is 21.7. The molecule has 5 nitrogen and oxygen atoms in total. The van der Waals surface area contributed by atoms with Gasteiger partial charge in [0.1, 0.15) is 18.0 Å². The van der Waals surface area contributed by atoms with Crippen LogP contribution >= 0.6 is 11.3 Å². The van der Waals surface area contributed by atoms with Gasteiger partial charge < -0.3 is 23.7 Å². The molecule has 6 heteroatoms. The van der Waals surface area contributed by atoms with E-state index in [1.807, 2.05) is 11.3 Å². The van der Waals surface area contributed by atoms with Crippen molar-refractivity contribution in [3.8, 4) is 5.75 Å². The standard InChI is InChI=1S/C40H58O5S/c1-5-9-19-41-28-32-26-37(43-21-11-7-3)40(44-22-12-8-4)39(45-32)35-25-31(24-33-23-30-15-13-14-16-38(30)46-33)34(29-17-18-29)27-36(35)42-20-10-6-2/h13-16,23,25,27,29,32,37,39-40H,5-12,17-22,24,26,28H2,1-4H3/t32-,37-,39-,40+/m0/s1. The van der Waals surface area contributed by atoms with Gasteiger partial charge in [0.15, 0.2) is 0 Å². The van der Waals surface area contributed by atoms with Gasteiger partial charge in [-0.15, -0.1) is 11.3 Å². The van der Waals surface area contributed by atoms with Gasteiger partial charge in [-0.05, 0) is 85.2 Å². The lowest BCUT2D eigenvalue weighted by Gasteiger charge is -2.42. The third-order valence-corrected chi connectivity index (χ3v) is 10.4. The predicted molar refractivity (Wildman–Crippen MR) is 191 cm³/mol. The SMILES string of the molecule is CCCCOC[C@@H]1C[C@H](OCCCC)[C@@H](OCCCC)[C@H](c2cc(Cc3cc4ccccc4s3)c(C3CC3)cc2OCCCC)O1. The Kier molecular flexibility index (Phi) is 14.3. The van der Waals surface area contributed by atoms with Gasteiger partial charge >= 0.3 is 0 Å². The van der Waals surface area contributed by atoms with E-state index >= 15 is 0 Å². The molecule has 0 N–H and O–H groups in total. The Hall–Kier alpha value is -1.96. The van der Waals surface area contributed by atoms with Crippen LogP contribution in [-0.2, 0) is 25.4 Å². The van der Waals surface area contributed by atoms with Crippen molar-refractivity contribution in [2.75, 3.05) is 33.0 Å². The predicted octanol–water partition coefficient (Wildman–Crippen LogP) is 10.6. The Labute approximate surface area is 282 Å². The van der Waals surface area contributed by atoms with Crippen LogP contribution in [0.2, 0.25) is 0 Å². The first-order valence-corrected chi connectivity index (χ1v) is 19.2. The average molecular weight is 651 g/mol. The number of hydrogen-bond donors (Lipinski definition) is 0. The number of fused-ring (bicyclic) bond motifs is 1. The lowest BCUT2D eigenvalue weighted by atomic mass is 9.88. The largest absolute Gasteiger partial charge is 0.493 e. The molecule has 1 aliphatic heterocycles. The maximum Gasteiger partial charge on any atom is 0.125 e. The molecule has 2 heterocycles. The maximum absolute atomic E-state index is 7.04. The quantitative estimate of drug-likeness (QED) is 0.107. The first-order chi connectivity index (χ1) is 22.6. The highest BCUT2D eigenvalue weighted by Gasteiger charge is 2.43. The Balaban J connectivity index is 1.53. The molecule has 0 bridgehead atoms. The van der Waals surface area contributed by atoms with Gasteiger partial charge in [0.2, 0.25) is 0 Å². The molecule has 254 valence electrons. The molecular weight excluding hydrogens is 593 g/mol. The summed E-state index contributed by atoms with van der Waals surface area (Å²) < 4.78 is 34.6. The molecule has 1 aliphatic carbocycles. The molecule has 4 atom stereocenters. The average Bonchev–Trinajstić information content (AvgIpc) is 3.83. The van der Waals surface area contributed by atoms with E-state index in [4.69, 9.17) is 23.7 Å². The van der Waals surface area contributed by atoms with Crippen LogP contribution in [0.5, 0.6) is 5.75 Å². The van der Waals surface area contributed by atoms with E-state index in [9.17, 15) is 0 Å². The molecule has 5 rings (SSSR count). The summed E-state index contributed by atoms with van der Waals surface area (Å²) in [5.74, 6) is 1.57. The van der Waals surface area contributed by atoms with Crippen LogP contribution in [0.3, 0.4) is 0 Å². The van der Waals surface area contributed by atoms with Crippen LogP contribution in [-0.4, -0.2) is 51.3 Å². The number of ether oxygens (including phenoxy) is 5. The van der Waals surface area contributed by atoms with Gasteiger partial charge in [-0.25, -0.2) is 0 Å². The number of rotatable bonds is 21. The van der Waals surface area contributed by atoms with Gasteiger partial charge in [0.05, 0.1) is 25.4 Å². The van der Waals surface area contributed by atoms with Crippen molar-refractivity contribution in [3.63, 3.8) is 0 Å². The van der Waals surface area contributed by atoms with E-state index in [2.05, 4.69) is 70.2 Å². The van der Waals surface area contributed by atoms with Crippen LogP contribution in [0.1, 0.15) is 132 Å². The van der Waals surface area contributed by atoms with Gasteiger partial charge in [-0.3, -0.25) is 0 Å². The summed E-state index contributed by atoms with van der Waals surface area (Å²) in [6, 6.07) is 15.9. The van der Waals surface area contributed by atoms with E-state index in [1.165, 1.54) is 38.9 Å². The van der Waals surface area contributed by atoms with Crippen LogP contribution in [0.15, 0.2) is 42.5 Å². The smallest absolute Gasteiger partial charge is 0.125 e. The summed E-state index contributed by atoms with van der Waals surface area (Å²) in [6.45, 7) is 12.3. The Morgan fingerprint density at radius 3 is 2.24 bits per heavy atom. The Morgan fingerprint density at radius 2 is 1.50 bits per heavy atom. The third kappa shape index (κ3) is 9.79. The van der Waals surface area contributed by atoms with Crippen molar-refractivity contribution >= 4 is 21.4 Å². The zero-order chi connectivity index (χ0) is 32.1. The summed E-state index contributed by atoms with van der Waals surface area (Å²) in [5.41, 5.74) is 3.95. The minimum atomic E-state index is -0.289. The van der Waals surface area contributed by atoms with E-state index in [0.29, 0.717) is 25.7 Å². The second-order valence-electron chi connectivity index (χ2n) is 13.3. The van der Waals surface area contributed by atoms with Crippen molar-refractivity contribution in [3.05, 3.63) is 64.0 Å². The second-order valence-corrected chi connectivity index (χ2v) is 14.5. The zero-order valence-corrected chi connectivity index (χ0v) is 29.7. The second kappa shape index (κ2) is 18.5. The third-order valence-electron chi connectivity index (χ3n) is 9.28. The van der Waals surface area contributed by atoms with E-state index in [0.717, 1.165) is 88.7 Å². The van der Waals surface area contributed by atoms with Crippen LogP contribution in [0.4, 0.5) is 0 Å². The van der Waals surface area contributed by atoms with E-state index < -0.39 is 0 Å². The first-order valence-electron chi connectivity index (χ1n) is 18.4. The van der Waals surface area contributed by atoms with Crippen LogP contribution in [0.25, 0.3) is 10.1 Å². The van der Waals surface area contributed by atoms with Crippen molar-refractivity contribution in [2.45, 2.75) is 135 Å². The first kappa shape index (κ1) is 35.3. The summed E-state index contributed by atoms with van der Waals surface area (Å²) >= 11 is 1.91. The fourth-order valence-electron chi connectivity index (χ4n) is 6.42. The highest BCUT2D eigenvalue weighted by Crippen LogP contribution is 2.47. The molecule has 3 aromatic rings. The molecule has 1 aromatic heterocycles. The molecule has 0 radical (unpaired) electrons. The number of benzene rings is 2. The molecule has 1 saturated heterocycles. The summed E-state index contributed by atoms with van der Waals surface area (Å²) in [5, 5.41) is 1.33. The zero-order valence-electron chi connectivity index (χ0n) is 28.9. The summed E-state index contributed by atoms with van der Waals surface area (Å²) in [6.07, 6.45) is 12.2. The van der Waals surface area contributed by atoms with Crippen molar-refractivity contribution in [1.82, 2.24) is 0 Å². The maximum atomic E-state index is 7.04. The van der Waals surface area contributed by atoms with Crippen molar-refractivity contribution in [2.24, 2.45) is 0 Å². The molecular formula is C40H58O5S. The van der Waals surface area contributed by atoms with Gasteiger partial charge in [0.25, 0.3) is 0 Å². The lowest BCUT2D eigenvalue weighted by Crippen LogP contribution is -2.48. The highest BCUT2D eigenvalue weighted by atomic mass is 32.1. The molecule has 0 spiro atoms. The van der Waals surface area contributed by atoms with Crippen LogP contribution < -0.4 is 4.74 Å². The molecule has 1 saturated carbocycles. The molecule has 2 aromatic carbocycles. The van der Waals surface area contributed by atoms with Crippen molar-refractivity contribution < 1.29 is 23.7 Å². The minimum Gasteiger partial charge on any atom is -0.493 e. The molecule has 46 heavy (non-hydrogen) atoms. The monoisotopic (exact) mass is 650 g/mol.